The molecule has 1 aromatic rings. The van der Waals surface area contributed by atoms with Crippen molar-refractivity contribution in [3.63, 3.8) is 0 Å². The zero-order valence-corrected chi connectivity index (χ0v) is 12.7. The minimum absolute atomic E-state index is 0. The molecule has 0 aliphatic heterocycles. The highest BCUT2D eigenvalue weighted by Gasteiger charge is 2.13. The third kappa shape index (κ3) is 4.60. The highest BCUT2D eigenvalue weighted by Crippen LogP contribution is 2.23. The zero-order chi connectivity index (χ0) is 11.4. The van der Waals surface area contributed by atoms with Gasteiger partial charge in [-0.05, 0) is 41.2 Å². The Kier molecular flexibility index (Phi) is 6.52. The highest BCUT2D eigenvalue weighted by molar-refractivity contribution is 9.10. The van der Waals surface area contributed by atoms with Crippen LogP contribution in [-0.2, 0) is 13.6 Å². The number of aromatic nitrogens is 2. The van der Waals surface area contributed by atoms with Crippen molar-refractivity contribution in [1.82, 2.24) is 15.1 Å². The molecule has 1 saturated carbocycles. The van der Waals surface area contributed by atoms with E-state index in [9.17, 15) is 0 Å². The fraction of sp³-hybridized carbons (Fsp3) is 0.750. The van der Waals surface area contributed by atoms with Crippen LogP contribution in [0.1, 0.15) is 37.8 Å². The van der Waals surface area contributed by atoms with Crippen molar-refractivity contribution in [3.8, 4) is 0 Å². The predicted molar refractivity (Wildman–Crippen MR) is 76.4 cm³/mol. The molecule has 1 aliphatic rings. The Morgan fingerprint density at radius 2 is 2.12 bits per heavy atom. The van der Waals surface area contributed by atoms with Crippen LogP contribution in [0.5, 0.6) is 0 Å². The van der Waals surface area contributed by atoms with E-state index < -0.39 is 0 Å². The lowest BCUT2D eigenvalue weighted by atomic mass is 9.89. The molecular weight excluding hydrogens is 302 g/mol. The lowest BCUT2D eigenvalue weighted by molar-refractivity contribution is 0.341. The van der Waals surface area contributed by atoms with Crippen LogP contribution in [0.25, 0.3) is 0 Å². The van der Waals surface area contributed by atoms with E-state index in [0.29, 0.717) is 0 Å². The molecule has 1 fully saturated rings. The van der Waals surface area contributed by atoms with Crippen LogP contribution in [-0.4, -0.2) is 16.3 Å². The van der Waals surface area contributed by atoms with Crippen LogP contribution in [0.4, 0.5) is 0 Å². The van der Waals surface area contributed by atoms with Crippen molar-refractivity contribution < 1.29 is 0 Å². The first-order valence-corrected chi connectivity index (χ1v) is 6.94. The van der Waals surface area contributed by atoms with Gasteiger partial charge in [0.25, 0.3) is 0 Å². The number of hydrogen-bond donors (Lipinski definition) is 1. The Morgan fingerprint density at radius 1 is 1.41 bits per heavy atom. The summed E-state index contributed by atoms with van der Waals surface area (Å²) < 4.78 is 2.95. The number of hydrogen-bond acceptors (Lipinski definition) is 2. The van der Waals surface area contributed by atoms with Crippen molar-refractivity contribution in [2.75, 3.05) is 6.54 Å². The van der Waals surface area contributed by atoms with Crippen LogP contribution in [0, 0.1) is 5.92 Å². The average Bonchev–Trinajstić information content (AvgIpc) is 2.59. The van der Waals surface area contributed by atoms with Crippen molar-refractivity contribution >= 4 is 28.3 Å². The van der Waals surface area contributed by atoms with Crippen molar-refractivity contribution in [3.05, 3.63) is 16.4 Å². The normalized spacial score (nSPS) is 16.8. The smallest absolute Gasteiger partial charge is 0.0904 e. The van der Waals surface area contributed by atoms with Gasteiger partial charge in [0.15, 0.2) is 0 Å². The molecule has 1 heterocycles. The van der Waals surface area contributed by atoms with Gasteiger partial charge in [0.1, 0.15) is 0 Å². The lowest BCUT2D eigenvalue weighted by Gasteiger charge is -2.21. The summed E-state index contributed by atoms with van der Waals surface area (Å²) >= 11 is 3.52. The maximum atomic E-state index is 4.40. The summed E-state index contributed by atoms with van der Waals surface area (Å²) in [7, 11) is 1.95. The van der Waals surface area contributed by atoms with Gasteiger partial charge < -0.3 is 5.32 Å². The Bertz CT molecular complexity index is 334. The Balaban J connectivity index is 0.00000144. The van der Waals surface area contributed by atoms with E-state index in [1.165, 1.54) is 32.1 Å². The van der Waals surface area contributed by atoms with Gasteiger partial charge in [-0.2, -0.15) is 5.10 Å². The summed E-state index contributed by atoms with van der Waals surface area (Å²) in [6.07, 6.45) is 9.06. The standard InChI is InChI=1S/C12H20BrN3.ClH/c1-16-9-11(13)12(15-16)8-14-7-10-5-3-2-4-6-10;/h9-10,14H,2-8H2,1H3;1H. The first kappa shape index (κ1) is 15.0. The van der Waals surface area contributed by atoms with Crippen molar-refractivity contribution in [2.45, 2.75) is 38.6 Å². The van der Waals surface area contributed by atoms with E-state index in [1.54, 1.807) is 0 Å². The second-order valence-corrected chi connectivity index (χ2v) is 5.59. The maximum absolute atomic E-state index is 4.40. The highest BCUT2D eigenvalue weighted by atomic mass is 79.9. The fourth-order valence-electron chi connectivity index (χ4n) is 2.41. The molecule has 0 bridgehead atoms. The number of nitrogens with one attached hydrogen (secondary N) is 1. The molecule has 3 nitrogen and oxygen atoms in total. The molecule has 0 amide bonds. The molecule has 98 valence electrons. The van der Waals surface area contributed by atoms with Crippen molar-refractivity contribution in [2.24, 2.45) is 13.0 Å². The monoisotopic (exact) mass is 321 g/mol. The van der Waals surface area contributed by atoms with E-state index in [0.717, 1.165) is 29.2 Å². The Labute approximate surface area is 118 Å². The van der Waals surface area contributed by atoms with Gasteiger partial charge in [0.05, 0.1) is 10.2 Å². The van der Waals surface area contributed by atoms with Gasteiger partial charge >= 0.3 is 0 Å². The maximum Gasteiger partial charge on any atom is 0.0904 e. The van der Waals surface area contributed by atoms with Gasteiger partial charge in [-0.25, -0.2) is 0 Å². The molecule has 5 heteroatoms. The second kappa shape index (κ2) is 7.39. The van der Waals surface area contributed by atoms with Crippen LogP contribution in [0.15, 0.2) is 10.7 Å². The van der Waals surface area contributed by atoms with Gasteiger partial charge in [0, 0.05) is 19.8 Å². The molecule has 0 unspecified atom stereocenters. The molecule has 2 rings (SSSR count). The van der Waals surface area contributed by atoms with E-state index >= 15 is 0 Å². The Hall–Kier alpha value is -0.0600. The quantitative estimate of drug-likeness (QED) is 0.922. The van der Waals surface area contributed by atoms with Crippen LogP contribution >= 0.6 is 28.3 Å². The summed E-state index contributed by atoms with van der Waals surface area (Å²) in [4.78, 5) is 0. The predicted octanol–water partition coefficient (Wildman–Crippen LogP) is 3.27. The molecule has 0 saturated heterocycles. The van der Waals surface area contributed by atoms with Crippen LogP contribution in [0.2, 0.25) is 0 Å². The van der Waals surface area contributed by atoms with E-state index in [-0.39, 0.29) is 12.4 Å². The topological polar surface area (TPSA) is 29.9 Å². The van der Waals surface area contributed by atoms with Gasteiger partial charge in [-0.1, -0.05) is 19.3 Å². The number of halogens is 2. The third-order valence-corrected chi connectivity index (χ3v) is 3.97. The SMILES string of the molecule is Cl.Cn1cc(Br)c(CNCC2CCCCC2)n1. The molecule has 0 spiro atoms. The van der Waals surface area contributed by atoms with Crippen LogP contribution < -0.4 is 5.32 Å². The second-order valence-electron chi connectivity index (χ2n) is 4.73. The van der Waals surface area contributed by atoms with E-state index in [2.05, 4.69) is 26.3 Å². The molecule has 0 radical (unpaired) electrons. The van der Waals surface area contributed by atoms with Gasteiger partial charge in [-0.3, -0.25) is 4.68 Å². The molecule has 1 aliphatic carbocycles. The summed E-state index contributed by atoms with van der Waals surface area (Å²) in [6, 6.07) is 0. The lowest BCUT2D eigenvalue weighted by Crippen LogP contribution is -2.24. The molecule has 0 aromatic carbocycles. The number of rotatable bonds is 4. The van der Waals surface area contributed by atoms with Gasteiger partial charge in [0.2, 0.25) is 0 Å². The summed E-state index contributed by atoms with van der Waals surface area (Å²) in [5.74, 6) is 0.885. The molecule has 1 N–H and O–H groups in total. The summed E-state index contributed by atoms with van der Waals surface area (Å²) in [5, 5.41) is 7.92. The number of nitrogens with zero attached hydrogens (tertiary/aromatic N) is 2. The first-order chi connectivity index (χ1) is 7.75. The number of aryl methyl sites for hydroxylation is 1. The molecule has 0 atom stereocenters. The summed E-state index contributed by atoms with van der Waals surface area (Å²) in [5.41, 5.74) is 1.11. The minimum atomic E-state index is 0. The molecule has 1 aromatic heterocycles. The van der Waals surface area contributed by atoms with Crippen molar-refractivity contribution in [1.29, 1.82) is 0 Å². The average molecular weight is 323 g/mol. The van der Waals surface area contributed by atoms with E-state index in [1.807, 2.05) is 17.9 Å². The van der Waals surface area contributed by atoms with Crippen LogP contribution in [0.3, 0.4) is 0 Å². The van der Waals surface area contributed by atoms with Gasteiger partial charge in [-0.15, -0.1) is 12.4 Å². The Morgan fingerprint density at radius 3 is 2.71 bits per heavy atom. The third-order valence-electron chi connectivity index (χ3n) is 3.30. The molecule has 17 heavy (non-hydrogen) atoms. The minimum Gasteiger partial charge on any atom is -0.311 e. The first-order valence-electron chi connectivity index (χ1n) is 6.14. The fourth-order valence-corrected chi connectivity index (χ4v) is 2.93. The summed E-state index contributed by atoms with van der Waals surface area (Å²) in [6.45, 7) is 2.01. The largest absolute Gasteiger partial charge is 0.311 e. The van der Waals surface area contributed by atoms with E-state index in [4.69, 9.17) is 0 Å². The molecular formula is C12H21BrClN3. The zero-order valence-electron chi connectivity index (χ0n) is 10.3.